The third-order valence-corrected chi connectivity index (χ3v) is 5.43. The summed E-state index contributed by atoms with van der Waals surface area (Å²) in [6, 6.07) is 2.03. The van der Waals surface area contributed by atoms with Crippen LogP contribution in [0.3, 0.4) is 0 Å². The maximum atomic E-state index is 12.4. The number of hydrogen-bond acceptors (Lipinski definition) is 4. The average molecular weight is 299 g/mol. The minimum atomic E-state index is -0.194. The second kappa shape index (κ2) is 5.04. The SMILES string of the molecule is Cc1ccnc2nc(C(=O)N[C@H](C)[C@@H]3C[C@H]4CC[C@H]3C4)nn12. The van der Waals surface area contributed by atoms with Gasteiger partial charge in [0.1, 0.15) is 0 Å². The number of fused-ring (bicyclic) bond motifs is 3. The van der Waals surface area contributed by atoms with E-state index in [0.29, 0.717) is 11.7 Å². The Kier molecular flexibility index (Phi) is 3.13. The minimum Gasteiger partial charge on any atom is -0.347 e. The molecule has 2 heterocycles. The summed E-state index contributed by atoms with van der Waals surface area (Å²) < 4.78 is 1.61. The van der Waals surface area contributed by atoms with Crippen molar-refractivity contribution in [2.24, 2.45) is 17.8 Å². The van der Waals surface area contributed by atoms with E-state index in [1.54, 1.807) is 10.7 Å². The lowest BCUT2D eigenvalue weighted by atomic mass is 9.84. The first-order valence-corrected chi connectivity index (χ1v) is 8.11. The second-order valence-electron chi connectivity index (χ2n) is 6.83. The lowest BCUT2D eigenvalue weighted by Gasteiger charge is -2.28. The average Bonchev–Trinajstić information content (AvgIpc) is 3.22. The molecule has 2 saturated carbocycles. The molecule has 0 unspecified atom stereocenters. The van der Waals surface area contributed by atoms with Gasteiger partial charge in [-0.15, -0.1) is 5.10 Å². The van der Waals surface area contributed by atoms with E-state index in [2.05, 4.69) is 27.3 Å². The first kappa shape index (κ1) is 13.7. The van der Waals surface area contributed by atoms with Crippen molar-refractivity contribution < 1.29 is 4.79 Å². The van der Waals surface area contributed by atoms with E-state index in [9.17, 15) is 4.79 Å². The van der Waals surface area contributed by atoms with Crippen molar-refractivity contribution >= 4 is 11.7 Å². The summed E-state index contributed by atoms with van der Waals surface area (Å²) in [7, 11) is 0. The first-order chi connectivity index (χ1) is 10.6. The Morgan fingerprint density at radius 3 is 2.95 bits per heavy atom. The van der Waals surface area contributed by atoms with E-state index in [-0.39, 0.29) is 17.8 Å². The van der Waals surface area contributed by atoms with E-state index in [0.717, 1.165) is 17.5 Å². The van der Waals surface area contributed by atoms with Crippen LogP contribution in [0.5, 0.6) is 0 Å². The molecule has 116 valence electrons. The highest BCUT2D eigenvalue weighted by molar-refractivity contribution is 5.91. The molecule has 0 aliphatic heterocycles. The normalized spacial score (nSPS) is 28.2. The van der Waals surface area contributed by atoms with Crippen LogP contribution < -0.4 is 5.32 Å². The number of hydrogen-bond donors (Lipinski definition) is 1. The van der Waals surface area contributed by atoms with E-state index in [1.165, 1.54) is 25.7 Å². The van der Waals surface area contributed by atoms with Gasteiger partial charge in [0.05, 0.1) is 0 Å². The van der Waals surface area contributed by atoms with Gasteiger partial charge in [0.15, 0.2) is 0 Å². The molecular formula is C16H21N5O. The van der Waals surface area contributed by atoms with Crippen LogP contribution >= 0.6 is 0 Å². The van der Waals surface area contributed by atoms with Crippen LogP contribution in [0.15, 0.2) is 12.3 Å². The zero-order chi connectivity index (χ0) is 15.3. The molecule has 0 aromatic carbocycles. The molecule has 0 saturated heterocycles. The number of carbonyl (C=O) groups excluding carboxylic acids is 1. The number of aromatic nitrogens is 4. The molecule has 6 nitrogen and oxygen atoms in total. The molecule has 4 rings (SSSR count). The lowest BCUT2D eigenvalue weighted by molar-refractivity contribution is 0.0905. The Hall–Kier alpha value is -1.98. The molecule has 22 heavy (non-hydrogen) atoms. The van der Waals surface area contributed by atoms with Gasteiger partial charge in [0.2, 0.25) is 5.82 Å². The van der Waals surface area contributed by atoms with Crippen molar-refractivity contribution in [1.29, 1.82) is 0 Å². The maximum absolute atomic E-state index is 12.4. The van der Waals surface area contributed by atoms with Crippen molar-refractivity contribution in [1.82, 2.24) is 24.9 Å². The molecular weight excluding hydrogens is 278 g/mol. The number of nitrogens with one attached hydrogen (secondary N) is 1. The monoisotopic (exact) mass is 299 g/mol. The largest absolute Gasteiger partial charge is 0.347 e. The Morgan fingerprint density at radius 2 is 2.27 bits per heavy atom. The molecule has 6 heteroatoms. The third-order valence-electron chi connectivity index (χ3n) is 5.43. The number of rotatable bonds is 3. The van der Waals surface area contributed by atoms with Gasteiger partial charge in [0.25, 0.3) is 11.7 Å². The Morgan fingerprint density at radius 1 is 1.41 bits per heavy atom. The highest BCUT2D eigenvalue weighted by atomic mass is 16.2. The lowest BCUT2D eigenvalue weighted by Crippen LogP contribution is -2.40. The van der Waals surface area contributed by atoms with Gasteiger partial charge >= 0.3 is 0 Å². The van der Waals surface area contributed by atoms with E-state index >= 15 is 0 Å². The highest BCUT2D eigenvalue weighted by Gasteiger charge is 2.42. The number of amides is 1. The molecule has 0 radical (unpaired) electrons. The van der Waals surface area contributed by atoms with Crippen molar-refractivity contribution in [2.75, 3.05) is 0 Å². The topological polar surface area (TPSA) is 72.2 Å². The summed E-state index contributed by atoms with van der Waals surface area (Å²) in [5.74, 6) is 2.77. The van der Waals surface area contributed by atoms with Gasteiger partial charge in [-0.3, -0.25) is 4.79 Å². The fourth-order valence-electron chi connectivity index (χ4n) is 4.29. The van der Waals surface area contributed by atoms with Crippen molar-refractivity contribution in [3.63, 3.8) is 0 Å². The van der Waals surface area contributed by atoms with Crippen LogP contribution in [0.2, 0.25) is 0 Å². The predicted octanol–water partition coefficient (Wildman–Crippen LogP) is 1.99. The van der Waals surface area contributed by atoms with Crippen LogP contribution in [-0.2, 0) is 0 Å². The highest BCUT2D eigenvalue weighted by Crippen LogP contribution is 2.49. The van der Waals surface area contributed by atoms with Gasteiger partial charge in [-0.25, -0.2) is 9.50 Å². The Balaban J connectivity index is 1.50. The summed E-state index contributed by atoms with van der Waals surface area (Å²) >= 11 is 0. The van der Waals surface area contributed by atoms with Gasteiger partial charge in [-0.05, 0) is 56.9 Å². The Bertz CT molecular complexity index is 724. The van der Waals surface area contributed by atoms with Gasteiger partial charge in [-0.1, -0.05) is 6.42 Å². The summed E-state index contributed by atoms with van der Waals surface area (Å²) in [5.41, 5.74) is 0.915. The van der Waals surface area contributed by atoms with E-state index in [1.807, 2.05) is 13.0 Å². The van der Waals surface area contributed by atoms with Crippen LogP contribution in [0.25, 0.3) is 5.78 Å². The van der Waals surface area contributed by atoms with Crippen LogP contribution in [0.1, 0.15) is 48.9 Å². The summed E-state index contributed by atoms with van der Waals surface area (Å²) in [6.07, 6.45) is 6.98. The zero-order valence-corrected chi connectivity index (χ0v) is 13.0. The van der Waals surface area contributed by atoms with Crippen molar-refractivity contribution in [2.45, 2.75) is 45.6 Å². The summed E-state index contributed by atoms with van der Waals surface area (Å²) in [5, 5.41) is 7.37. The van der Waals surface area contributed by atoms with Crippen molar-refractivity contribution in [3.8, 4) is 0 Å². The molecule has 2 bridgehead atoms. The van der Waals surface area contributed by atoms with Crippen LogP contribution in [0, 0.1) is 24.7 Å². The quantitative estimate of drug-likeness (QED) is 0.940. The Labute approximate surface area is 129 Å². The molecule has 2 fully saturated rings. The van der Waals surface area contributed by atoms with E-state index in [4.69, 9.17) is 0 Å². The summed E-state index contributed by atoms with van der Waals surface area (Å²) in [6.45, 7) is 4.03. The molecule has 2 aromatic rings. The van der Waals surface area contributed by atoms with Gasteiger partial charge in [-0.2, -0.15) is 4.98 Å². The summed E-state index contributed by atoms with van der Waals surface area (Å²) in [4.78, 5) is 20.8. The van der Waals surface area contributed by atoms with Crippen LogP contribution in [-0.4, -0.2) is 31.5 Å². The fraction of sp³-hybridized carbons (Fsp3) is 0.625. The second-order valence-corrected chi connectivity index (χ2v) is 6.83. The number of carbonyl (C=O) groups is 1. The molecule has 0 spiro atoms. The van der Waals surface area contributed by atoms with Gasteiger partial charge in [0, 0.05) is 17.9 Å². The van der Waals surface area contributed by atoms with Crippen molar-refractivity contribution in [3.05, 3.63) is 23.8 Å². The van der Waals surface area contributed by atoms with E-state index < -0.39 is 0 Å². The molecule has 4 atom stereocenters. The zero-order valence-electron chi connectivity index (χ0n) is 13.0. The predicted molar refractivity (Wildman–Crippen MR) is 81.4 cm³/mol. The molecule has 2 aliphatic carbocycles. The molecule has 2 aromatic heterocycles. The fourth-order valence-corrected chi connectivity index (χ4v) is 4.29. The number of nitrogens with zero attached hydrogens (tertiary/aromatic N) is 4. The number of aryl methyl sites for hydroxylation is 1. The smallest absolute Gasteiger partial charge is 0.291 e. The molecule has 1 N–H and O–H groups in total. The minimum absolute atomic E-state index is 0.184. The molecule has 1 amide bonds. The standard InChI is InChI=1S/C16H21N5O/c1-9-5-6-17-16-19-14(20-21(9)16)15(22)18-10(2)13-8-11-3-4-12(13)7-11/h5-6,10-13H,3-4,7-8H2,1-2H3,(H,18,22)/t10-,11+,12+,13+/m1/s1. The maximum Gasteiger partial charge on any atom is 0.291 e. The van der Waals surface area contributed by atoms with Gasteiger partial charge < -0.3 is 5.32 Å². The first-order valence-electron chi connectivity index (χ1n) is 8.11. The molecule has 2 aliphatic rings. The third kappa shape index (κ3) is 2.17. The van der Waals surface area contributed by atoms with Crippen LogP contribution in [0.4, 0.5) is 0 Å².